The molecule has 0 atom stereocenters. The monoisotopic (exact) mass is 340 g/mol. The molecule has 1 aliphatic rings. The number of hydrogen-bond acceptors (Lipinski definition) is 3. The van der Waals surface area contributed by atoms with Crippen molar-refractivity contribution in [2.24, 2.45) is 0 Å². The van der Waals surface area contributed by atoms with Crippen LogP contribution in [0, 0.1) is 6.92 Å². The Morgan fingerprint density at radius 1 is 1.35 bits per heavy atom. The number of carbonyl (C=O) groups is 1. The summed E-state index contributed by atoms with van der Waals surface area (Å²) >= 11 is 3.44. The first-order valence-electron chi connectivity index (χ1n) is 6.89. The first kappa shape index (κ1) is 15.5. The van der Waals surface area contributed by atoms with Crippen molar-refractivity contribution in [2.75, 3.05) is 46.4 Å². The molecule has 1 aromatic carbocycles. The molecule has 2 rings (SSSR count). The van der Waals surface area contributed by atoms with E-state index in [1.807, 2.05) is 32.2 Å². The van der Waals surface area contributed by atoms with E-state index < -0.39 is 0 Å². The summed E-state index contributed by atoms with van der Waals surface area (Å²) in [5.74, 6) is 0.0719. The van der Waals surface area contributed by atoms with E-state index in [0.717, 1.165) is 55.0 Å². The van der Waals surface area contributed by atoms with Crippen LogP contribution in [0.25, 0.3) is 0 Å². The number of benzene rings is 1. The lowest BCUT2D eigenvalue weighted by Gasteiger charge is -2.28. The van der Waals surface area contributed by atoms with Gasteiger partial charge in [0.1, 0.15) is 0 Å². The fourth-order valence-electron chi connectivity index (χ4n) is 2.30. The topological polar surface area (TPSA) is 32.8 Å². The van der Waals surface area contributed by atoms with E-state index >= 15 is 0 Å². The molecule has 0 N–H and O–H groups in total. The van der Waals surface area contributed by atoms with Gasteiger partial charge in [-0.2, -0.15) is 0 Å². The quantitative estimate of drug-likeness (QED) is 0.841. The van der Waals surface area contributed by atoms with Crippen molar-refractivity contribution in [1.29, 1.82) is 0 Å². The number of nitrogens with zero attached hydrogens (tertiary/aromatic N) is 2. The van der Waals surface area contributed by atoms with E-state index in [0.29, 0.717) is 0 Å². The van der Waals surface area contributed by atoms with E-state index in [1.165, 1.54) is 0 Å². The van der Waals surface area contributed by atoms with E-state index in [1.54, 1.807) is 4.90 Å². The maximum absolute atomic E-state index is 12.4. The Labute approximate surface area is 128 Å². The van der Waals surface area contributed by atoms with Crippen molar-refractivity contribution < 1.29 is 9.53 Å². The molecular formula is C15H21BrN2O2. The van der Waals surface area contributed by atoms with Crippen LogP contribution in [-0.2, 0) is 4.74 Å². The van der Waals surface area contributed by atoms with Crippen molar-refractivity contribution >= 4 is 21.8 Å². The van der Waals surface area contributed by atoms with Gasteiger partial charge in [0, 0.05) is 43.3 Å². The lowest BCUT2D eigenvalue weighted by atomic mass is 10.1. The Hall–Kier alpha value is -0.910. The molecule has 0 aromatic heterocycles. The number of rotatable bonds is 4. The molecule has 1 saturated heterocycles. The number of carbonyl (C=O) groups excluding carboxylic acids is 1. The Morgan fingerprint density at radius 3 is 2.70 bits per heavy atom. The zero-order valence-corrected chi connectivity index (χ0v) is 13.6. The summed E-state index contributed by atoms with van der Waals surface area (Å²) in [7, 11) is 1.86. The van der Waals surface area contributed by atoms with Crippen LogP contribution in [0.1, 0.15) is 15.9 Å². The highest BCUT2D eigenvalue weighted by atomic mass is 79.9. The molecule has 0 aliphatic carbocycles. The predicted octanol–water partition coefficient (Wildman–Crippen LogP) is 2.16. The lowest BCUT2D eigenvalue weighted by molar-refractivity contribution is 0.0338. The molecule has 1 aliphatic heterocycles. The summed E-state index contributed by atoms with van der Waals surface area (Å²) in [5, 5.41) is 0. The summed E-state index contributed by atoms with van der Waals surface area (Å²) in [5.41, 5.74) is 1.82. The number of hydrogen-bond donors (Lipinski definition) is 0. The van der Waals surface area contributed by atoms with Crippen LogP contribution in [0.15, 0.2) is 22.7 Å². The Balaban J connectivity index is 1.90. The van der Waals surface area contributed by atoms with E-state index in [-0.39, 0.29) is 5.91 Å². The molecule has 0 bridgehead atoms. The molecule has 5 heteroatoms. The van der Waals surface area contributed by atoms with Crippen LogP contribution in [0.4, 0.5) is 0 Å². The highest BCUT2D eigenvalue weighted by molar-refractivity contribution is 9.10. The maximum atomic E-state index is 12.4. The van der Waals surface area contributed by atoms with Gasteiger partial charge >= 0.3 is 0 Å². The third kappa shape index (κ3) is 4.30. The van der Waals surface area contributed by atoms with Crippen LogP contribution < -0.4 is 0 Å². The van der Waals surface area contributed by atoms with Gasteiger partial charge in [0.2, 0.25) is 0 Å². The second-order valence-corrected chi connectivity index (χ2v) is 6.11. The van der Waals surface area contributed by atoms with Gasteiger partial charge in [0.05, 0.1) is 13.2 Å². The average molecular weight is 341 g/mol. The standard InChI is InChI=1S/C15H21BrN2O2/c1-12-9-13(11-14(16)10-12)15(19)17(2)3-4-18-5-7-20-8-6-18/h9-11H,3-8H2,1-2H3. The molecule has 0 spiro atoms. The van der Waals surface area contributed by atoms with Crippen LogP contribution in [-0.4, -0.2) is 62.1 Å². The van der Waals surface area contributed by atoms with E-state index in [4.69, 9.17) is 4.74 Å². The maximum Gasteiger partial charge on any atom is 0.253 e. The van der Waals surface area contributed by atoms with Gasteiger partial charge in [-0.25, -0.2) is 0 Å². The van der Waals surface area contributed by atoms with E-state index in [9.17, 15) is 4.79 Å². The molecule has 110 valence electrons. The van der Waals surface area contributed by atoms with Crippen molar-refractivity contribution in [3.63, 3.8) is 0 Å². The van der Waals surface area contributed by atoms with Gasteiger partial charge in [0.15, 0.2) is 0 Å². The van der Waals surface area contributed by atoms with Crippen molar-refractivity contribution in [3.8, 4) is 0 Å². The number of morpholine rings is 1. The van der Waals surface area contributed by atoms with Crippen LogP contribution in [0.2, 0.25) is 0 Å². The lowest BCUT2D eigenvalue weighted by Crippen LogP contribution is -2.41. The minimum atomic E-state index is 0.0719. The summed E-state index contributed by atoms with van der Waals surface area (Å²) in [4.78, 5) is 16.5. The Bertz CT molecular complexity index is 453. The third-order valence-electron chi connectivity index (χ3n) is 3.49. The molecule has 4 nitrogen and oxygen atoms in total. The molecule has 20 heavy (non-hydrogen) atoms. The smallest absolute Gasteiger partial charge is 0.253 e. The summed E-state index contributed by atoms with van der Waals surface area (Å²) in [6.45, 7) is 7.14. The van der Waals surface area contributed by atoms with Gasteiger partial charge in [-0.1, -0.05) is 15.9 Å². The Kier molecular flexibility index (Phi) is 5.57. The van der Waals surface area contributed by atoms with Crippen LogP contribution in [0.3, 0.4) is 0 Å². The van der Waals surface area contributed by atoms with Crippen LogP contribution >= 0.6 is 15.9 Å². The van der Waals surface area contributed by atoms with E-state index in [2.05, 4.69) is 20.8 Å². The summed E-state index contributed by atoms with van der Waals surface area (Å²) in [6.07, 6.45) is 0. The minimum Gasteiger partial charge on any atom is -0.379 e. The Morgan fingerprint density at radius 2 is 2.05 bits per heavy atom. The molecule has 1 aromatic rings. The molecular weight excluding hydrogens is 320 g/mol. The zero-order chi connectivity index (χ0) is 14.5. The van der Waals surface area contributed by atoms with Crippen molar-refractivity contribution in [1.82, 2.24) is 9.80 Å². The molecule has 1 heterocycles. The SMILES string of the molecule is Cc1cc(Br)cc(C(=O)N(C)CCN2CCOCC2)c1. The van der Waals surface area contributed by atoms with Gasteiger partial charge in [-0.3, -0.25) is 9.69 Å². The molecule has 0 unspecified atom stereocenters. The number of ether oxygens (including phenoxy) is 1. The molecule has 1 amide bonds. The zero-order valence-electron chi connectivity index (χ0n) is 12.1. The number of halogens is 1. The molecule has 0 saturated carbocycles. The fourth-order valence-corrected chi connectivity index (χ4v) is 2.91. The summed E-state index contributed by atoms with van der Waals surface area (Å²) < 4.78 is 6.27. The number of aryl methyl sites for hydroxylation is 1. The second-order valence-electron chi connectivity index (χ2n) is 5.20. The molecule has 0 radical (unpaired) electrons. The average Bonchev–Trinajstić information content (AvgIpc) is 2.44. The highest BCUT2D eigenvalue weighted by Gasteiger charge is 2.15. The second kappa shape index (κ2) is 7.20. The predicted molar refractivity (Wildman–Crippen MR) is 83.1 cm³/mol. The first-order valence-corrected chi connectivity index (χ1v) is 7.68. The minimum absolute atomic E-state index is 0.0719. The number of likely N-dealkylation sites (N-methyl/N-ethyl adjacent to an activating group) is 1. The van der Waals surface area contributed by atoms with Gasteiger partial charge < -0.3 is 9.64 Å². The normalized spacial score (nSPS) is 16.1. The van der Waals surface area contributed by atoms with Gasteiger partial charge in [0.25, 0.3) is 5.91 Å². The first-order chi connectivity index (χ1) is 9.56. The van der Waals surface area contributed by atoms with Crippen molar-refractivity contribution in [3.05, 3.63) is 33.8 Å². The molecule has 1 fully saturated rings. The van der Waals surface area contributed by atoms with Crippen molar-refractivity contribution in [2.45, 2.75) is 6.92 Å². The van der Waals surface area contributed by atoms with Gasteiger partial charge in [-0.15, -0.1) is 0 Å². The summed E-state index contributed by atoms with van der Waals surface area (Å²) in [6, 6.07) is 5.81. The number of amides is 1. The largest absolute Gasteiger partial charge is 0.379 e. The highest BCUT2D eigenvalue weighted by Crippen LogP contribution is 2.16. The van der Waals surface area contributed by atoms with Crippen LogP contribution in [0.5, 0.6) is 0 Å². The van der Waals surface area contributed by atoms with Gasteiger partial charge in [-0.05, 0) is 30.7 Å². The third-order valence-corrected chi connectivity index (χ3v) is 3.95. The fraction of sp³-hybridized carbons (Fsp3) is 0.533.